The molecule has 2 aliphatic rings. The second-order valence-corrected chi connectivity index (χ2v) is 31.1. The molecule has 10 nitrogen and oxygen atoms in total. The van der Waals surface area contributed by atoms with Crippen LogP contribution >= 0.6 is 0 Å². The molecule has 0 aromatic heterocycles. The fraction of sp³-hybridized carbons (Fsp3) is 0.677. The van der Waals surface area contributed by atoms with Crippen LogP contribution < -0.4 is 33.2 Å². The Kier molecular flexibility index (Phi) is 54.7. The third-order valence-corrected chi connectivity index (χ3v) is 18.0. The molecule has 0 radical (unpaired) electrons. The Morgan fingerprint density at radius 2 is 0.612 bits per heavy atom. The van der Waals surface area contributed by atoms with Gasteiger partial charge in [-0.3, -0.25) is 0 Å². The molecule has 5 atom stereocenters. The van der Waals surface area contributed by atoms with Gasteiger partial charge in [-0.15, -0.1) is 0 Å². The van der Waals surface area contributed by atoms with E-state index in [0.717, 1.165) is 85.2 Å². The third kappa shape index (κ3) is 47.7. The average Bonchev–Trinajstić information content (AvgIpc) is 1.67. The van der Waals surface area contributed by atoms with Crippen molar-refractivity contribution in [3.05, 3.63) is 137 Å². The highest BCUT2D eigenvalue weighted by Gasteiger charge is 2.32. The van der Waals surface area contributed by atoms with Gasteiger partial charge < -0.3 is 47.4 Å². The zero-order chi connectivity index (χ0) is 80.6. The van der Waals surface area contributed by atoms with E-state index in [0.29, 0.717) is 36.4 Å². The van der Waals surface area contributed by atoms with E-state index < -0.39 is 5.79 Å². The number of hydrogen-bond acceptors (Lipinski definition) is 10. The first-order chi connectivity index (χ1) is 48.0. The van der Waals surface area contributed by atoms with E-state index >= 15 is 0 Å². The van der Waals surface area contributed by atoms with Crippen molar-refractivity contribution in [3.8, 4) is 40.2 Å². The van der Waals surface area contributed by atoms with Gasteiger partial charge in [0.25, 0.3) is 0 Å². The monoisotopic (exact) mass is 1440 g/mol. The summed E-state index contributed by atoms with van der Waals surface area (Å²) in [6, 6.07) is 37.9. The minimum absolute atomic E-state index is 0.0417. The summed E-state index contributed by atoms with van der Waals surface area (Å²) in [7, 11) is 5.21. The summed E-state index contributed by atoms with van der Waals surface area (Å²) in [4.78, 5) is 0. The quantitative estimate of drug-likeness (QED) is 0.0630. The van der Waals surface area contributed by atoms with Crippen LogP contribution in [-0.4, -0.2) is 67.5 Å². The number of benzene rings is 5. The molecule has 2 heterocycles. The minimum atomic E-state index is -0.517. The summed E-state index contributed by atoms with van der Waals surface area (Å²) in [6.07, 6.45) is 12.5. The number of ether oxygens (including phenoxy) is 10. The van der Waals surface area contributed by atoms with Crippen molar-refractivity contribution >= 4 is 0 Å². The van der Waals surface area contributed by atoms with Gasteiger partial charge in [0.2, 0.25) is 12.6 Å². The molecule has 10 heteroatoms. The number of methoxy groups -OCH3 is 3. The maximum Gasteiger partial charge on any atom is 0.246 e. The number of fused-ring (bicyclic) bond motifs is 2. The Morgan fingerprint density at radius 1 is 0.330 bits per heavy atom. The van der Waals surface area contributed by atoms with Crippen molar-refractivity contribution in [1.82, 2.24) is 0 Å². The van der Waals surface area contributed by atoms with Crippen molar-refractivity contribution in [1.29, 1.82) is 0 Å². The molecular weight excluding hydrogens is 1280 g/mol. The first-order valence-corrected chi connectivity index (χ1v) is 40.0. The fourth-order valence-corrected chi connectivity index (χ4v) is 9.10. The van der Waals surface area contributed by atoms with E-state index in [2.05, 4.69) is 270 Å². The smallest absolute Gasteiger partial charge is 0.246 e. The molecule has 0 amide bonds. The molecule has 0 spiro atoms. The predicted molar refractivity (Wildman–Crippen MR) is 450 cm³/mol. The largest absolute Gasteiger partial charge is 0.488 e. The zero-order valence-electron chi connectivity index (χ0n) is 74.3. The second kappa shape index (κ2) is 54.2. The van der Waals surface area contributed by atoms with E-state index in [9.17, 15) is 0 Å². The molecule has 0 N–H and O–H groups in total. The molecule has 596 valence electrons. The van der Waals surface area contributed by atoms with E-state index in [1.807, 2.05) is 88.3 Å². The first kappa shape index (κ1) is 104. The van der Waals surface area contributed by atoms with Crippen molar-refractivity contribution in [2.45, 2.75) is 389 Å². The van der Waals surface area contributed by atoms with Crippen LogP contribution in [0.2, 0.25) is 0 Å². The Bertz CT molecular complexity index is 2810. The summed E-state index contributed by atoms with van der Waals surface area (Å²) < 4.78 is 54.8. The molecule has 0 saturated carbocycles. The maximum atomic E-state index is 6.01. The second-order valence-electron chi connectivity index (χ2n) is 31.1. The number of rotatable bonds is 23. The molecule has 2 aliphatic heterocycles. The van der Waals surface area contributed by atoms with Crippen LogP contribution in [0.4, 0.5) is 0 Å². The topological polar surface area (TPSA) is 92.3 Å². The van der Waals surface area contributed by atoms with Gasteiger partial charge in [0.05, 0.1) is 16.8 Å². The Balaban J connectivity index is -0.000000548. The first-order valence-electron chi connectivity index (χ1n) is 40.0. The van der Waals surface area contributed by atoms with Crippen LogP contribution in [0.15, 0.2) is 109 Å². The van der Waals surface area contributed by atoms with Crippen LogP contribution in [0.3, 0.4) is 0 Å². The minimum Gasteiger partial charge on any atom is -0.488 e. The summed E-state index contributed by atoms with van der Waals surface area (Å²) in [5.41, 5.74) is 6.79. The van der Waals surface area contributed by atoms with Gasteiger partial charge in [-0.05, 0) is 273 Å². The number of hydrogen-bond donors (Lipinski definition) is 0. The lowest BCUT2D eigenvalue weighted by atomic mass is 9.98. The van der Waals surface area contributed by atoms with E-state index in [1.54, 1.807) is 21.3 Å². The highest BCUT2D eigenvalue weighted by molar-refractivity contribution is 5.47. The molecule has 0 saturated heterocycles. The highest BCUT2D eigenvalue weighted by atomic mass is 16.7. The van der Waals surface area contributed by atoms with Gasteiger partial charge in [0.1, 0.15) is 34.1 Å². The van der Waals surface area contributed by atoms with Gasteiger partial charge in [-0.25, -0.2) is 0 Å². The molecule has 7 rings (SSSR count). The summed E-state index contributed by atoms with van der Waals surface area (Å²) in [5.74, 6) is 8.93. The molecular formula is C93H164O10. The van der Waals surface area contributed by atoms with Gasteiger partial charge in [-0.1, -0.05) is 200 Å². The van der Waals surface area contributed by atoms with E-state index in [1.165, 1.54) is 53.5 Å². The molecule has 0 bridgehead atoms. The van der Waals surface area contributed by atoms with Gasteiger partial charge >= 0.3 is 0 Å². The SMILES string of the molecule is CC.CC.CC.CCC(C)(C)OC.CCC(C)c1ccc(OC(C)(C)C)cc1.CCC(C)c1ccc(OC(C)(C)CC)cc1.CCC(C)c1ccc2c(c1)OC(C)(C)O2.CCC(C)c1ccc2c(c1)OCO2.CCCC(C)(C)OC.CCCC(C)(C)Oc1ccc(C(C)CC)cc1.COC(C)(C)C. The van der Waals surface area contributed by atoms with E-state index in [-0.39, 0.29) is 33.6 Å². The van der Waals surface area contributed by atoms with E-state index in [4.69, 9.17) is 47.4 Å². The van der Waals surface area contributed by atoms with Crippen LogP contribution in [0, 0.1) is 0 Å². The van der Waals surface area contributed by atoms with Gasteiger partial charge in [-0.2, -0.15) is 0 Å². The molecule has 5 aromatic carbocycles. The molecule has 0 fully saturated rings. The standard InChI is InChI=1S/C16H26O.C15H24O.C14H22O.C13H18O2.C11H14O2.C7H16O.C6H14O.C5H12O.3C2H6/c1-6-12-16(4,5)17-15-10-8-14(9-11-15)13(3)7-2;1-6-12(3)13-8-10-14(11-9-13)16-15(4,5)7-2;1-6-11(2)12-7-9-13(10-8-12)15-14(3,4)5;1-5-9(2)10-6-7-11-12(8-10)15-13(3,4)14-11;1-3-8(2)9-4-5-10-11(6-9)13-7-12-10;1-5-6-7(2,3)8-4;1-5-6(2,3)7-4;1-5(2,3)6-4;3*1-2/h8-11,13H,6-7,12H2,1-5H3;8-12H,6-7H2,1-5H3;7-11H,6H2,1-5H3;6-9H,5H2,1-4H3;4-6,8H,3,7H2,1-2H3;5-6H2,1-4H3;5H2,1-4H3;1-4H3;3*1-2H3. The normalized spacial score (nSPS) is 13.7. The molecule has 0 aliphatic carbocycles. The molecule has 5 aromatic rings. The van der Waals surface area contributed by atoms with Gasteiger partial charge in [0, 0.05) is 35.2 Å². The summed E-state index contributed by atoms with van der Waals surface area (Å²) >= 11 is 0. The van der Waals surface area contributed by atoms with Crippen LogP contribution in [0.5, 0.6) is 40.2 Å². The van der Waals surface area contributed by atoms with Crippen LogP contribution in [0.1, 0.15) is 377 Å². The van der Waals surface area contributed by atoms with Crippen molar-refractivity contribution in [3.63, 3.8) is 0 Å². The zero-order valence-corrected chi connectivity index (χ0v) is 74.3. The lowest BCUT2D eigenvalue weighted by Gasteiger charge is -2.26. The predicted octanol–water partition coefficient (Wildman–Crippen LogP) is 29.5. The Labute approximate surface area is 638 Å². The van der Waals surface area contributed by atoms with Crippen LogP contribution in [-0.2, 0) is 14.2 Å². The lowest BCUT2D eigenvalue weighted by molar-refractivity contribution is -0.0431. The fourth-order valence-electron chi connectivity index (χ4n) is 9.10. The summed E-state index contributed by atoms with van der Waals surface area (Å²) in [5, 5.41) is 0. The van der Waals surface area contributed by atoms with Gasteiger partial charge in [0.15, 0.2) is 23.0 Å². The molecule has 5 unspecified atom stereocenters. The van der Waals surface area contributed by atoms with Crippen LogP contribution in [0.25, 0.3) is 0 Å². The summed E-state index contributed by atoms with van der Waals surface area (Å²) in [6.45, 7) is 76.3. The lowest BCUT2D eigenvalue weighted by Crippen LogP contribution is -2.29. The Hall–Kier alpha value is -5.42. The average molecular weight is 1440 g/mol. The van der Waals surface area contributed by atoms with Crippen molar-refractivity contribution in [2.75, 3.05) is 28.1 Å². The Morgan fingerprint density at radius 3 is 0.903 bits per heavy atom. The third-order valence-electron chi connectivity index (χ3n) is 18.0. The maximum absolute atomic E-state index is 6.01. The van der Waals surface area contributed by atoms with Crippen molar-refractivity contribution in [2.24, 2.45) is 0 Å². The van der Waals surface area contributed by atoms with Crippen molar-refractivity contribution < 1.29 is 47.4 Å². The molecule has 103 heavy (non-hydrogen) atoms. The highest BCUT2D eigenvalue weighted by Crippen LogP contribution is 2.41.